The molecule has 2 aliphatic rings. The molecule has 1 aromatic heterocycles. The topological polar surface area (TPSA) is 34.6 Å². The van der Waals surface area contributed by atoms with Crippen LogP contribution in [0.1, 0.15) is 13.3 Å². The van der Waals surface area contributed by atoms with Gasteiger partial charge in [0.1, 0.15) is 5.82 Å². The highest BCUT2D eigenvalue weighted by Crippen LogP contribution is 2.39. The van der Waals surface area contributed by atoms with Crippen molar-refractivity contribution in [2.75, 3.05) is 24.8 Å². The number of fused-ring (bicyclic) bond motifs is 2. The second-order valence-electron chi connectivity index (χ2n) is 5.79. The summed E-state index contributed by atoms with van der Waals surface area (Å²) in [6.45, 7) is 4.63. The maximum absolute atomic E-state index is 5.51. The summed E-state index contributed by atoms with van der Waals surface area (Å²) in [7, 11) is 0. The number of benzene rings is 1. The molecule has 2 aromatic rings. The van der Waals surface area contributed by atoms with Crippen molar-refractivity contribution >= 4 is 32.5 Å². The molecule has 0 bridgehead atoms. The molecule has 0 spiro atoms. The van der Waals surface area contributed by atoms with E-state index in [4.69, 9.17) is 9.47 Å². The molecule has 5 heteroatoms. The minimum absolute atomic E-state index is 0.305. The van der Waals surface area contributed by atoms with Gasteiger partial charge in [0.2, 0.25) is 6.79 Å². The molecule has 0 N–H and O–H groups in total. The van der Waals surface area contributed by atoms with Crippen LogP contribution >= 0.6 is 15.9 Å². The SMILES string of the molecule is CC1CCN(c2nccc3cc4c(cc23)OCO4)CC1Br. The molecule has 110 valence electrons. The summed E-state index contributed by atoms with van der Waals surface area (Å²) < 4.78 is 11.0. The number of pyridine rings is 1. The van der Waals surface area contributed by atoms with Crippen LogP contribution in [0.5, 0.6) is 11.5 Å². The van der Waals surface area contributed by atoms with Gasteiger partial charge < -0.3 is 14.4 Å². The summed E-state index contributed by atoms with van der Waals surface area (Å²) in [5, 5.41) is 2.28. The Bertz CT molecular complexity index is 691. The molecule has 3 heterocycles. The van der Waals surface area contributed by atoms with E-state index in [1.807, 2.05) is 18.3 Å². The minimum Gasteiger partial charge on any atom is -0.454 e. The quantitative estimate of drug-likeness (QED) is 0.738. The number of nitrogens with zero attached hydrogens (tertiary/aromatic N) is 2. The molecule has 2 unspecified atom stereocenters. The number of piperidine rings is 1. The summed E-state index contributed by atoms with van der Waals surface area (Å²) in [4.78, 5) is 7.50. The maximum Gasteiger partial charge on any atom is 0.231 e. The standard InChI is InChI=1S/C16H17BrN2O2/c1-10-3-5-19(8-13(10)17)16-12-7-15-14(20-9-21-15)6-11(12)2-4-18-16/h2,4,6-7,10,13H,3,5,8-9H2,1H3. The first kappa shape index (κ1) is 13.2. The third kappa shape index (κ3) is 2.24. The van der Waals surface area contributed by atoms with E-state index in [2.05, 4.69) is 38.8 Å². The van der Waals surface area contributed by atoms with Crippen LogP contribution in [-0.2, 0) is 0 Å². The van der Waals surface area contributed by atoms with E-state index in [0.29, 0.717) is 17.5 Å². The highest BCUT2D eigenvalue weighted by Gasteiger charge is 2.26. The normalized spacial score (nSPS) is 24.6. The number of anilines is 1. The molecule has 1 fully saturated rings. The molecule has 2 atom stereocenters. The van der Waals surface area contributed by atoms with Gasteiger partial charge in [-0.1, -0.05) is 22.9 Å². The molecule has 0 aliphatic carbocycles. The Morgan fingerprint density at radius 3 is 2.90 bits per heavy atom. The lowest BCUT2D eigenvalue weighted by molar-refractivity contribution is 0.174. The van der Waals surface area contributed by atoms with Crippen LogP contribution in [0.15, 0.2) is 24.4 Å². The third-order valence-corrected chi connectivity index (χ3v) is 5.59. The summed E-state index contributed by atoms with van der Waals surface area (Å²) in [6.07, 6.45) is 3.06. The zero-order valence-corrected chi connectivity index (χ0v) is 13.5. The summed E-state index contributed by atoms with van der Waals surface area (Å²) in [6, 6.07) is 6.13. The predicted octanol–water partition coefficient (Wildman–Crippen LogP) is 3.57. The Morgan fingerprint density at radius 2 is 2.10 bits per heavy atom. The summed E-state index contributed by atoms with van der Waals surface area (Å²) in [5.41, 5.74) is 0. The van der Waals surface area contributed by atoms with Crippen molar-refractivity contribution in [3.8, 4) is 11.5 Å². The van der Waals surface area contributed by atoms with Crippen LogP contribution in [0.4, 0.5) is 5.82 Å². The predicted molar refractivity (Wildman–Crippen MR) is 86.6 cm³/mol. The lowest BCUT2D eigenvalue weighted by atomic mass is 9.98. The molecule has 4 nitrogen and oxygen atoms in total. The van der Waals surface area contributed by atoms with Gasteiger partial charge >= 0.3 is 0 Å². The number of hydrogen-bond acceptors (Lipinski definition) is 4. The molecule has 0 amide bonds. The summed E-state index contributed by atoms with van der Waals surface area (Å²) in [5.74, 6) is 3.39. The van der Waals surface area contributed by atoms with E-state index in [-0.39, 0.29) is 0 Å². The van der Waals surface area contributed by atoms with Crippen LogP contribution in [0.2, 0.25) is 0 Å². The first-order chi connectivity index (χ1) is 10.2. The van der Waals surface area contributed by atoms with E-state index < -0.39 is 0 Å². The average Bonchev–Trinajstić information content (AvgIpc) is 2.94. The number of hydrogen-bond donors (Lipinski definition) is 0. The van der Waals surface area contributed by atoms with Crippen molar-refractivity contribution in [2.45, 2.75) is 18.2 Å². The Morgan fingerprint density at radius 1 is 1.29 bits per heavy atom. The molecule has 2 aliphatic heterocycles. The van der Waals surface area contributed by atoms with Crippen molar-refractivity contribution in [2.24, 2.45) is 5.92 Å². The number of aromatic nitrogens is 1. The molecular formula is C16H17BrN2O2. The van der Waals surface area contributed by atoms with Gasteiger partial charge in [0, 0.05) is 29.5 Å². The Hall–Kier alpha value is -1.49. The number of halogens is 1. The van der Waals surface area contributed by atoms with Crippen LogP contribution in [-0.4, -0.2) is 29.7 Å². The van der Waals surface area contributed by atoms with Crippen LogP contribution in [0.3, 0.4) is 0 Å². The van der Waals surface area contributed by atoms with Crippen molar-refractivity contribution < 1.29 is 9.47 Å². The van der Waals surface area contributed by atoms with E-state index in [0.717, 1.165) is 41.2 Å². The molecule has 21 heavy (non-hydrogen) atoms. The number of ether oxygens (including phenoxy) is 2. The Kier molecular flexibility index (Phi) is 3.17. The Labute approximate surface area is 132 Å². The average molecular weight is 349 g/mol. The minimum atomic E-state index is 0.305. The monoisotopic (exact) mass is 348 g/mol. The van der Waals surface area contributed by atoms with Crippen molar-refractivity contribution in [3.63, 3.8) is 0 Å². The van der Waals surface area contributed by atoms with Crippen molar-refractivity contribution in [1.82, 2.24) is 4.98 Å². The fourth-order valence-electron chi connectivity index (χ4n) is 3.01. The molecule has 1 saturated heterocycles. The molecule has 4 rings (SSSR count). The van der Waals surface area contributed by atoms with Gasteiger partial charge in [-0.15, -0.1) is 0 Å². The highest BCUT2D eigenvalue weighted by molar-refractivity contribution is 9.09. The fraction of sp³-hybridized carbons (Fsp3) is 0.438. The Balaban J connectivity index is 1.78. The smallest absolute Gasteiger partial charge is 0.231 e. The van der Waals surface area contributed by atoms with E-state index in [9.17, 15) is 0 Å². The van der Waals surface area contributed by atoms with Gasteiger partial charge in [-0.2, -0.15) is 0 Å². The molecule has 1 aromatic carbocycles. The van der Waals surface area contributed by atoms with Gasteiger partial charge in [0.15, 0.2) is 11.5 Å². The van der Waals surface area contributed by atoms with Gasteiger partial charge in [0.05, 0.1) is 0 Å². The van der Waals surface area contributed by atoms with E-state index in [1.54, 1.807) is 0 Å². The number of alkyl halides is 1. The van der Waals surface area contributed by atoms with E-state index >= 15 is 0 Å². The molecule has 0 saturated carbocycles. The highest BCUT2D eigenvalue weighted by atomic mass is 79.9. The largest absolute Gasteiger partial charge is 0.454 e. The zero-order chi connectivity index (χ0) is 14.4. The first-order valence-corrected chi connectivity index (χ1v) is 8.21. The van der Waals surface area contributed by atoms with Crippen molar-refractivity contribution in [1.29, 1.82) is 0 Å². The van der Waals surface area contributed by atoms with Crippen molar-refractivity contribution in [3.05, 3.63) is 24.4 Å². The first-order valence-electron chi connectivity index (χ1n) is 7.30. The summed E-state index contributed by atoms with van der Waals surface area (Å²) >= 11 is 3.79. The molecule has 0 radical (unpaired) electrons. The van der Waals surface area contributed by atoms with Gasteiger partial charge in [-0.25, -0.2) is 4.98 Å². The van der Waals surface area contributed by atoms with Gasteiger partial charge in [-0.3, -0.25) is 0 Å². The maximum atomic E-state index is 5.51. The third-order valence-electron chi connectivity index (χ3n) is 4.40. The fourth-order valence-corrected chi connectivity index (χ4v) is 3.63. The van der Waals surface area contributed by atoms with Crippen LogP contribution < -0.4 is 14.4 Å². The second-order valence-corrected chi connectivity index (χ2v) is 6.97. The number of rotatable bonds is 1. The lowest BCUT2D eigenvalue weighted by Crippen LogP contribution is -2.40. The lowest BCUT2D eigenvalue weighted by Gasteiger charge is -2.35. The van der Waals surface area contributed by atoms with Gasteiger partial charge in [0.25, 0.3) is 0 Å². The second kappa shape index (κ2) is 5.05. The van der Waals surface area contributed by atoms with E-state index in [1.165, 1.54) is 6.42 Å². The zero-order valence-electron chi connectivity index (χ0n) is 11.9. The van der Waals surface area contributed by atoms with Gasteiger partial charge in [-0.05, 0) is 35.9 Å². The molecular weight excluding hydrogens is 332 g/mol. The van der Waals surface area contributed by atoms with Crippen LogP contribution in [0.25, 0.3) is 10.8 Å². The van der Waals surface area contributed by atoms with Crippen LogP contribution in [0, 0.1) is 5.92 Å².